The van der Waals surface area contributed by atoms with Gasteiger partial charge in [-0.1, -0.05) is 6.92 Å². The van der Waals surface area contributed by atoms with E-state index in [1.54, 1.807) is 6.92 Å². The molecule has 1 aliphatic rings. The summed E-state index contributed by atoms with van der Waals surface area (Å²) in [6.45, 7) is 4.61. The third-order valence-electron chi connectivity index (χ3n) is 3.57. The van der Waals surface area contributed by atoms with Crippen LogP contribution < -0.4 is 0 Å². The minimum atomic E-state index is -0.345. The Labute approximate surface area is 141 Å². The molecule has 1 fully saturated rings. The summed E-state index contributed by atoms with van der Waals surface area (Å²) >= 11 is 0. The average Bonchev–Trinajstić information content (AvgIpc) is 2.71. The minimum absolute atomic E-state index is 0.0266. The van der Waals surface area contributed by atoms with Crippen molar-refractivity contribution in [3.8, 4) is 0 Å². The molecule has 1 heterocycles. The Bertz CT molecular complexity index is 515. The zero-order chi connectivity index (χ0) is 18.3. The van der Waals surface area contributed by atoms with Gasteiger partial charge in [0.15, 0.2) is 0 Å². The Balaban J connectivity index is 2.31. The fourth-order valence-electron chi connectivity index (χ4n) is 2.43. The maximum Gasteiger partial charge on any atom is 0.232 e. The summed E-state index contributed by atoms with van der Waals surface area (Å²) in [5.41, 5.74) is 0. The molecule has 1 unspecified atom stereocenters. The molecule has 0 aromatic carbocycles. The number of imide groups is 1. The zero-order valence-corrected chi connectivity index (χ0v) is 14.4. The molecule has 24 heavy (non-hydrogen) atoms. The maximum absolute atomic E-state index is 12.0. The summed E-state index contributed by atoms with van der Waals surface area (Å²) in [7, 11) is 0. The van der Waals surface area contributed by atoms with Crippen LogP contribution in [0.3, 0.4) is 0 Å². The number of hydrogen-bond acceptors (Lipinski definition) is 6. The van der Waals surface area contributed by atoms with Crippen LogP contribution in [0.5, 0.6) is 0 Å². The number of amides is 3. The van der Waals surface area contributed by atoms with Gasteiger partial charge in [0, 0.05) is 12.3 Å². The summed E-state index contributed by atoms with van der Waals surface area (Å²) in [6, 6.07) is 0. The van der Waals surface area contributed by atoms with Gasteiger partial charge < -0.3 is 9.64 Å². The summed E-state index contributed by atoms with van der Waals surface area (Å²) < 4.78 is 5.29. The van der Waals surface area contributed by atoms with Crippen molar-refractivity contribution < 1.29 is 28.7 Å². The number of likely N-dealkylation sites (tertiary alicyclic amines) is 1. The van der Waals surface area contributed by atoms with E-state index in [9.17, 15) is 24.0 Å². The van der Waals surface area contributed by atoms with Gasteiger partial charge in [0.1, 0.15) is 11.6 Å². The van der Waals surface area contributed by atoms with Crippen molar-refractivity contribution in [2.24, 2.45) is 5.92 Å². The van der Waals surface area contributed by atoms with E-state index < -0.39 is 0 Å². The third-order valence-corrected chi connectivity index (χ3v) is 3.57. The number of hydrogen-bond donors (Lipinski definition) is 0. The number of rotatable bonds is 10. The maximum atomic E-state index is 12.0. The SMILES string of the molecule is CC(=O)CN(CC(C)=O)C(=O)CCOCCN1C(=O)CC(C)C1=O. The molecule has 1 aliphatic heterocycles. The van der Waals surface area contributed by atoms with Crippen LogP contribution in [0, 0.1) is 5.92 Å². The molecule has 1 rings (SSSR count). The lowest BCUT2D eigenvalue weighted by molar-refractivity contribution is -0.141. The zero-order valence-electron chi connectivity index (χ0n) is 14.4. The standard InChI is InChI=1S/C16H24N2O6/c1-11-8-15(22)18(16(11)23)5-7-24-6-4-14(21)17(9-12(2)19)10-13(3)20/h11H,4-10H2,1-3H3. The number of carbonyl (C=O) groups excluding carboxylic acids is 5. The highest BCUT2D eigenvalue weighted by Gasteiger charge is 2.34. The highest BCUT2D eigenvalue weighted by Crippen LogP contribution is 2.17. The number of ketones is 2. The van der Waals surface area contributed by atoms with E-state index in [1.807, 2.05) is 0 Å². The van der Waals surface area contributed by atoms with Gasteiger partial charge in [0.2, 0.25) is 17.7 Å². The Morgan fingerprint density at radius 2 is 1.71 bits per heavy atom. The number of carbonyl (C=O) groups is 5. The van der Waals surface area contributed by atoms with E-state index in [1.165, 1.54) is 23.6 Å². The van der Waals surface area contributed by atoms with Crippen molar-refractivity contribution in [3.63, 3.8) is 0 Å². The van der Waals surface area contributed by atoms with E-state index in [4.69, 9.17) is 4.74 Å². The van der Waals surface area contributed by atoms with Gasteiger partial charge >= 0.3 is 0 Å². The topological polar surface area (TPSA) is 101 Å². The molecule has 0 N–H and O–H groups in total. The molecule has 0 aliphatic carbocycles. The van der Waals surface area contributed by atoms with Crippen LogP contribution >= 0.6 is 0 Å². The summed E-state index contributed by atoms with van der Waals surface area (Å²) in [4.78, 5) is 60.0. The molecule has 8 nitrogen and oxygen atoms in total. The highest BCUT2D eigenvalue weighted by atomic mass is 16.5. The minimum Gasteiger partial charge on any atom is -0.379 e. The van der Waals surface area contributed by atoms with Gasteiger partial charge in [-0.25, -0.2) is 0 Å². The molecule has 0 aromatic heterocycles. The van der Waals surface area contributed by atoms with Crippen LogP contribution in [-0.4, -0.2) is 71.9 Å². The van der Waals surface area contributed by atoms with E-state index in [-0.39, 0.29) is 80.9 Å². The van der Waals surface area contributed by atoms with Crippen LogP contribution in [-0.2, 0) is 28.7 Å². The van der Waals surface area contributed by atoms with Crippen LogP contribution in [0.4, 0.5) is 0 Å². The lowest BCUT2D eigenvalue weighted by atomic mass is 10.1. The molecule has 3 amide bonds. The molecule has 0 spiro atoms. The molecule has 1 atom stereocenters. The second kappa shape index (κ2) is 9.27. The van der Waals surface area contributed by atoms with Gasteiger partial charge in [0.25, 0.3) is 0 Å². The van der Waals surface area contributed by atoms with E-state index >= 15 is 0 Å². The van der Waals surface area contributed by atoms with Crippen molar-refractivity contribution in [2.45, 2.75) is 33.6 Å². The lowest BCUT2D eigenvalue weighted by Crippen LogP contribution is -2.39. The Kier molecular flexibility index (Phi) is 7.70. The fraction of sp³-hybridized carbons (Fsp3) is 0.688. The Morgan fingerprint density at radius 1 is 1.12 bits per heavy atom. The molecule has 0 radical (unpaired) electrons. The van der Waals surface area contributed by atoms with Crippen molar-refractivity contribution in [3.05, 3.63) is 0 Å². The van der Waals surface area contributed by atoms with Crippen LogP contribution in [0.2, 0.25) is 0 Å². The normalized spacial score (nSPS) is 17.3. The van der Waals surface area contributed by atoms with Gasteiger partial charge in [-0.3, -0.25) is 28.9 Å². The second-order valence-corrected chi connectivity index (χ2v) is 6.00. The van der Waals surface area contributed by atoms with Crippen molar-refractivity contribution in [2.75, 3.05) is 32.8 Å². The predicted molar refractivity (Wildman–Crippen MR) is 83.9 cm³/mol. The van der Waals surface area contributed by atoms with Crippen molar-refractivity contribution >= 4 is 29.3 Å². The molecule has 0 bridgehead atoms. The lowest BCUT2D eigenvalue weighted by Gasteiger charge is -2.20. The predicted octanol–water partition coefficient (Wildman–Crippen LogP) is -0.205. The summed E-state index contributed by atoms with van der Waals surface area (Å²) in [6.07, 6.45) is 0.251. The van der Waals surface area contributed by atoms with Gasteiger partial charge in [0.05, 0.1) is 39.3 Å². The van der Waals surface area contributed by atoms with Gasteiger partial charge in [-0.05, 0) is 13.8 Å². The van der Waals surface area contributed by atoms with Crippen LogP contribution in [0.1, 0.15) is 33.6 Å². The van der Waals surface area contributed by atoms with Crippen LogP contribution in [0.25, 0.3) is 0 Å². The van der Waals surface area contributed by atoms with E-state index in [0.717, 1.165) is 0 Å². The summed E-state index contributed by atoms with van der Waals surface area (Å²) in [5.74, 6) is -1.44. The first-order valence-electron chi connectivity index (χ1n) is 7.91. The van der Waals surface area contributed by atoms with Crippen molar-refractivity contribution in [1.82, 2.24) is 9.80 Å². The van der Waals surface area contributed by atoms with Gasteiger partial charge in [-0.15, -0.1) is 0 Å². The average molecular weight is 340 g/mol. The number of Topliss-reactive ketones (excluding diaryl/α,β-unsaturated/α-hetero) is 2. The Morgan fingerprint density at radius 3 is 2.17 bits per heavy atom. The molecular formula is C16H24N2O6. The molecule has 0 saturated carbocycles. The molecule has 0 aromatic rings. The largest absolute Gasteiger partial charge is 0.379 e. The van der Waals surface area contributed by atoms with E-state index in [2.05, 4.69) is 0 Å². The molecule has 8 heteroatoms. The summed E-state index contributed by atoms with van der Waals surface area (Å²) in [5, 5.41) is 0. The first kappa shape index (κ1) is 20.0. The first-order chi connectivity index (χ1) is 11.2. The number of nitrogens with zero attached hydrogens (tertiary/aromatic N) is 2. The van der Waals surface area contributed by atoms with Gasteiger partial charge in [-0.2, -0.15) is 0 Å². The fourth-order valence-corrected chi connectivity index (χ4v) is 2.43. The van der Waals surface area contributed by atoms with Crippen molar-refractivity contribution in [1.29, 1.82) is 0 Å². The molecular weight excluding hydrogens is 316 g/mol. The first-order valence-corrected chi connectivity index (χ1v) is 7.91. The number of ether oxygens (including phenoxy) is 1. The third kappa shape index (κ3) is 6.19. The monoisotopic (exact) mass is 340 g/mol. The second-order valence-electron chi connectivity index (χ2n) is 6.00. The van der Waals surface area contributed by atoms with E-state index in [0.29, 0.717) is 0 Å². The smallest absolute Gasteiger partial charge is 0.232 e. The molecule has 1 saturated heterocycles. The highest BCUT2D eigenvalue weighted by molar-refractivity contribution is 6.03. The molecule has 134 valence electrons. The quantitative estimate of drug-likeness (QED) is 0.403. The van der Waals surface area contributed by atoms with Crippen LogP contribution in [0.15, 0.2) is 0 Å². The Hall–Kier alpha value is -2.09.